The van der Waals surface area contributed by atoms with Crippen molar-refractivity contribution in [1.82, 2.24) is 5.32 Å². The highest BCUT2D eigenvalue weighted by molar-refractivity contribution is 5.44. The molecule has 0 saturated heterocycles. The van der Waals surface area contributed by atoms with E-state index in [0.29, 0.717) is 5.41 Å². The molecule has 1 aromatic rings. The Morgan fingerprint density at radius 2 is 2.00 bits per heavy atom. The van der Waals surface area contributed by atoms with E-state index in [0.717, 1.165) is 19.1 Å². The maximum atomic E-state index is 3.76. The Hall–Kier alpha value is -1.02. The first kappa shape index (κ1) is 15.4. The molecule has 1 N–H and O–H groups in total. The number of hydrogen-bond donors (Lipinski definition) is 1. The molecule has 0 bridgehead atoms. The molecule has 1 aromatic carbocycles. The molecule has 0 aliphatic heterocycles. The molecule has 0 spiro atoms. The van der Waals surface area contributed by atoms with Gasteiger partial charge in [0.2, 0.25) is 0 Å². The van der Waals surface area contributed by atoms with Gasteiger partial charge in [0.15, 0.2) is 0 Å². The average Bonchev–Trinajstić information content (AvgIpc) is 2.43. The van der Waals surface area contributed by atoms with Crippen LogP contribution in [0.3, 0.4) is 0 Å². The number of anilines is 1. The van der Waals surface area contributed by atoms with Crippen molar-refractivity contribution in [3.8, 4) is 0 Å². The summed E-state index contributed by atoms with van der Waals surface area (Å²) in [4.78, 5) is 2.34. The minimum Gasteiger partial charge on any atom is -0.375 e. The molecule has 0 radical (unpaired) electrons. The molecule has 20 heavy (non-hydrogen) atoms. The molecule has 112 valence electrons. The second-order valence-corrected chi connectivity index (χ2v) is 7.02. The summed E-state index contributed by atoms with van der Waals surface area (Å²) in [6.07, 6.45) is 6.68. The van der Waals surface area contributed by atoms with Crippen molar-refractivity contribution in [2.75, 3.05) is 25.0 Å². The highest BCUT2D eigenvalue weighted by Crippen LogP contribution is 2.34. The van der Waals surface area contributed by atoms with Gasteiger partial charge in [-0.2, -0.15) is 0 Å². The summed E-state index contributed by atoms with van der Waals surface area (Å²) in [5.41, 5.74) is 1.85. The summed E-state index contributed by atoms with van der Waals surface area (Å²) >= 11 is 0. The number of nitrogens with one attached hydrogen (secondary N) is 1. The number of hydrogen-bond acceptors (Lipinski definition) is 2. The van der Waals surface area contributed by atoms with E-state index in [4.69, 9.17) is 0 Å². The van der Waals surface area contributed by atoms with Crippen molar-refractivity contribution in [1.29, 1.82) is 0 Å². The summed E-state index contributed by atoms with van der Waals surface area (Å²) in [7, 11) is 2.18. The molecule has 1 aliphatic rings. The van der Waals surface area contributed by atoms with Crippen molar-refractivity contribution in [3.63, 3.8) is 0 Å². The minimum absolute atomic E-state index is 0.538. The van der Waals surface area contributed by atoms with Gasteiger partial charge in [0, 0.05) is 25.3 Å². The maximum absolute atomic E-state index is 3.76. The van der Waals surface area contributed by atoms with E-state index < -0.39 is 0 Å². The van der Waals surface area contributed by atoms with Crippen LogP contribution in [0.15, 0.2) is 30.3 Å². The zero-order valence-corrected chi connectivity index (χ0v) is 13.4. The van der Waals surface area contributed by atoms with Crippen molar-refractivity contribution in [2.45, 2.75) is 52.0 Å². The van der Waals surface area contributed by atoms with Crippen LogP contribution >= 0.6 is 0 Å². The van der Waals surface area contributed by atoms with Crippen LogP contribution in [0, 0.1) is 5.41 Å². The topological polar surface area (TPSA) is 15.3 Å². The third-order valence-electron chi connectivity index (χ3n) is 4.51. The molecule has 2 heteroatoms. The van der Waals surface area contributed by atoms with Crippen molar-refractivity contribution in [3.05, 3.63) is 30.3 Å². The highest BCUT2D eigenvalue weighted by atomic mass is 15.1. The maximum Gasteiger partial charge on any atom is 0.0363 e. The Morgan fingerprint density at radius 3 is 2.70 bits per heavy atom. The Balaban J connectivity index is 1.64. The van der Waals surface area contributed by atoms with Gasteiger partial charge in [-0.3, -0.25) is 0 Å². The monoisotopic (exact) mass is 274 g/mol. The molecule has 0 aromatic heterocycles. The van der Waals surface area contributed by atoms with Crippen molar-refractivity contribution >= 4 is 5.69 Å². The summed E-state index contributed by atoms with van der Waals surface area (Å²) < 4.78 is 0. The van der Waals surface area contributed by atoms with Gasteiger partial charge in [-0.05, 0) is 49.8 Å². The molecule has 0 heterocycles. The fourth-order valence-electron chi connectivity index (χ4n) is 3.31. The van der Waals surface area contributed by atoms with Crippen LogP contribution in [0.25, 0.3) is 0 Å². The molecular weight excluding hydrogens is 244 g/mol. The standard InChI is InChI=1S/C18H30N2/c1-18(2)12-7-9-16(15-18)19-13-8-14-20(3)17-10-5-4-6-11-17/h4-6,10-11,16,19H,7-9,12-15H2,1-3H3. The molecule has 2 nitrogen and oxygen atoms in total. The van der Waals surface area contributed by atoms with Gasteiger partial charge in [-0.25, -0.2) is 0 Å². The smallest absolute Gasteiger partial charge is 0.0363 e. The van der Waals surface area contributed by atoms with Crippen LogP contribution in [-0.2, 0) is 0 Å². The molecule has 1 saturated carbocycles. The molecule has 1 unspecified atom stereocenters. The second-order valence-electron chi connectivity index (χ2n) is 7.02. The van der Waals surface area contributed by atoms with E-state index in [9.17, 15) is 0 Å². The first-order valence-corrected chi connectivity index (χ1v) is 8.06. The summed E-state index contributed by atoms with van der Waals surface area (Å²) in [6.45, 7) is 7.07. The Bertz CT molecular complexity index is 386. The van der Waals surface area contributed by atoms with E-state index in [-0.39, 0.29) is 0 Å². The first-order chi connectivity index (χ1) is 9.57. The number of rotatable bonds is 6. The minimum atomic E-state index is 0.538. The molecule has 1 fully saturated rings. The van der Waals surface area contributed by atoms with Crippen LogP contribution in [0.5, 0.6) is 0 Å². The van der Waals surface area contributed by atoms with Gasteiger partial charge in [0.25, 0.3) is 0 Å². The Morgan fingerprint density at radius 1 is 1.25 bits per heavy atom. The molecule has 2 rings (SSSR count). The molecule has 0 amide bonds. The second kappa shape index (κ2) is 7.12. The van der Waals surface area contributed by atoms with E-state index in [1.54, 1.807) is 0 Å². The van der Waals surface area contributed by atoms with E-state index in [2.05, 4.69) is 61.4 Å². The Kier molecular flexibility index (Phi) is 5.47. The van der Waals surface area contributed by atoms with Crippen LogP contribution in [0.2, 0.25) is 0 Å². The first-order valence-electron chi connectivity index (χ1n) is 8.06. The van der Waals surface area contributed by atoms with Gasteiger partial charge < -0.3 is 10.2 Å². The number of para-hydroxylation sites is 1. The largest absolute Gasteiger partial charge is 0.375 e. The SMILES string of the molecule is CN(CCCNC1CCCC(C)(C)C1)c1ccccc1. The van der Waals surface area contributed by atoms with Gasteiger partial charge >= 0.3 is 0 Å². The zero-order chi connectivity index (χ0) is 14.4. The summed E-state index contributed by atoms with van der Waals surface area (Å²) in [5.74, 6) is 0. The van der Waals surface area contributed by atoms with E-state index in [1.165, 1.54) is 37.8 Å². The lowest BCUT2D eigenvalue weighted by Crippen LogP contribution is -2.38. The third-order valence-corrected chi connectivity index (χ3v) is 4.51. The Labute approximate surface area is 124 Å². The lowest BCUT2D eigenvalue weighted by atomic mass is 9.75. The predicted molar refractivity (Wildman–Crippen MR) is 88.4 cm³/mol. The lowest BCUT2D eigenvalue weighted by molar-refractivity contribution is 0.199. The number of nitrogens with zero attached hydrogens (tertiary/aromatic N) is 1. The number of benzene rings is 1. The fourth-order valence-corrected chi connectivity index (χ4v) is 3.31. The molecular formula is C18H30N2. The van der Waals surface area contributed by atoms with Crippen LogP contribution < -0.4 is 10.2 Å². The van der Waals surface area contributed by atoms with Gasteiger partial charge in [-0.15, -0.1) is 0 Å². The van der Waals surface area contributed by atoms with Crippen LogP contribution in [0.4, 0.5) is 5.69 Å². The van der Waals surface area contributed by atoms with E-state index >= 15 is 0 Å². The molecule has 1 atom stereocenters. The van der Waals surface area contributed by atoms with E-state index in [1.807, 2.05) is 0 Å². The average molecular weight is 274 g/mol. The lowest BCUT2D eigenvalue weighted by Gasteiger charge is -2.35. The van der Waals surface area contributed by atoms with Crippen molar-refractivity contribution in [2.24, 2.45) is 5.41 Å². The van der Waals surface area contributed by atoms with Gasteiger partial charge in [-0.1, -0.05) is 38.5 Å². The predicted octanol–water partition coefficient (Wildman–Crippen LogP) is 4.07. The summed E-state index contributed by atoms with van der Waals surface area (Å²) in [6, 6.07) is 11.4. The van der Waals surface area contributed by atoms with Gasteiger partial charge in [0.1, 0.15) is 0 Å². The molecule has 1 aliphatic carbocycles. The normalized spacial score (nSPS) is 21.6. The van der Waals surface area contributed by atoms with Crippen LogP contribution in [0.1, 0.15) is 46.0 Å². The zero-order valence-electron chi connectivity index (χ0n) is 13.4. The van der Waals surface area contributed by atoms with Gasteiger partial charge in [0.05, 0.1) is 0 Å². The fraction of sp³-hybridized carbons (Fsp3) is 0.667. The third kappa shape index (κ3) is 4.82. The quantitative estimate of drug-likeness (QED) is 0.787. The summed E-state index contributed by atoms with van der Waals surface area (Å²) in [5, 5.41) is 3.76. The van der Waals surface area contributed by atoms with Crippen molar-refractivity contribution < 1.29 is 0 Å². The highest BCUT2D eigenvalue weighted by Gasteiger charge is 2.27. The van der Waals surface area contributed by atoms with Crippen LogP contribution in [-0.4, -0.2) is 26.2 Å².